The van der Waals surface area contributed by atoms with E-state index >= 15 is 0 Å². The van der Waals surface area contributed by atoms with Crippen LogP contribution < -0.4 is 4.90 Å². The van der Waals surface area contributed by atoms with Gasteiger partial charge in [0.25, 0.3) is 0 Å². The topological polar surface area (TPSA) is 81.1 Å². The fraction of sp³-hybridized carbons (Fsp3) is 0.286. The molecule has 1 heterocycles. The van der Waals surface area contributed by atoms with Crippen molar-refractivity contribution in [2.75, 3.05) is 4.90 Å². The third-order valence-electron chi connectivity index (χ3n) is 3.07. The van der Waals surface area contributed by atoms with Crippen LogP contribution in [-0.2, 0) is 4.79 Å². The molecule has 1 atom stereocenters. The summed E-state index contributed by atoms with van der Waals surface area (Å²) in [6.45, 7) is 3.55. The highest BCUT2D eigenvalue weighted by atomic mass is 16.4. The van der Waals surface area contributed by atoms with Crippen LogP contribution in [0.4, 0.5) is 10.5 Å². The predicted octanol–water partition coefficient (Wildman–Crippen LogP) is 1.62. The maximum Gasteiger partial charge on any atom is 0.337 e. The molecular weight excluding hydrogens is 260 g/mol. The molecule has 0 spiro atoms. The van der Waals surface area contributed by atoms with E-state index in [0.29, 0.717) is 5.69 Å². The smallest absolute Gasteiger partial charge is 0.337 e. The molecule has 2 rings (SSSR count). The molecule has 20 heavy (non-hydrogen) atoms. The van der Waals surface area contributed by atoms with Gasteiger partial charge in [-0.25, -0.2) is 9.59 Å². The molecule has 1 aromatic carbocycles. The fourth-order valence-corrected chi connectivity index (χ4v) is 2.02. The Morgan fingerprint density at radius 1 is 1.25 bits per heavy atom. The molecular formula is C14H16N2O4. The van der Waals surface area contributed by atoms with Crippen molar-refractivity contribution in [1.29, 1.82) is 0 Å². The first-order valence-electron chi connectivity index (χ1n) is 6.23. The van der Waals surface area contributed by atoms with E-state index in [2.05, 4.69) is 0 Å². The van der Waals surface area contributed by atoms with Crippen molar-refractivity contribution in [3.63, 3.8) is 0 Å². The molecule has 0 aliphatic carbocycles. The summed E-state index contributed by atoms with van der Waals surface area (Å²) in [6, 6.07) is 7.83. The first-order valence-corrected chi connectivity index (χ1v) is 6.23. The Morgan fingerprint density at radius 2 is 1.85 bits per heavy atom. The lowest BCUT2D eigenvalue weighted by molar-refractivity contribution is -0.133. The highest BCUT2D eigenvalue weighted by molar-refractivity contribution is 6.00. The van der Waals surface area contributed by atoms with Gasteiger partial charge in [-0.2, -0.15) is 0 Å². The monoisotopic (exact) mass is 276 g/mol. The van der Waals surface area contributed by atoms with Crippen LogP contribution in [0.5, 0.6) is 0 Å². The summed E-state index contributed by atoms with van der Waals surface area (Å²) in [6.07, 6.45) is -0.309. The first-order chi connectivity index (χ1) is 9.43. The molecule has 0 bridgehead atoms. The lowest BCUT2D eigenvalue weighted by Gasteiger charge is -2.38. The summed E-state index contributed by atoms with van der Waals surface area (Å²) < 4.78 is 0. The van der Waals surface area contributed by atoms with Gasteiger partial charge < -0.3 is 10.2 Å². The highest BCUT2D eigenvalue weighted by Crippen LogP contribution is 2.26. The van der Waals surface area contributed by atoms with Gasteiger partial charge in [0, 0.05) is 17.9 Å². The molecule has 0 fully saturated rings. The zero-order valence-electron chi connectivity index (χ0n) is 11.2. The van der Waals surface area contributed by atoms with E-state index in [1.807, 2.05) is 0 Å². The number of hydrogen-bond acceptors (Lipinski definition) is 3. The standard InChI is InChI=1S/C14H16N2O4/c1-9(2)15-8-11(13(18)19)12(17)16(14(15)20)10-6-4-3-5-7-10/h3-9,12,17H,1-2H3,(H,18,19). The second-order valence-electron chi connectivity index (χ2n) is 4.75. The Bertz CT molecular complexity index is 554. The van der Waals surface area contributed by atoms with Crippen molar-refractivity contribution in [3.8, 4) is 0 Å². The van der Waals surface area contributed by atoms with Crippen LogP contribution in [-0.4, -0.2) is 39.4 Å². The Hall–Kier alpha value is -2.34. The number of anilines is 1. The number of aliphatic hydroxyl groups excluding tert-OH is 1. The van der Waals surface area contributed by atoms with Crippen LogP contribution in [0.15, 0.2) is 42.1 Å². The Balaban J connectivity index is 2.50. The minimum atomic E-state index is -1.50. The first kappa shape index (κ1) is 14.1. The average molecular weight is 276 g/mol. The maximum atomic E-state index is 12.4. The molecule has 1 unspecified atom stereocenters. The predicted molar refractivity (Wildman–Crippen MR) is 73.0 cm³/mol. The zero-order valence-corrected chi connectivity index (χ0v) is 11.2. The lowest BCUT2D eigenvalue weighted by atomic mass is 10.1. The SMILES string of the molecule is CC(C)N1C=C(C(=O)O)C(O)N(c2ccccc2)C1=O. The number of urea groups is 1. The van der Waals surface area contributed by atoms with Crippen molar-refractivity contribution >= 4 is 17.7 Å². The third kappa shape index (κ3) is 2.37. The summed E-state index contributed by atoms with van der Waals surface area (Å²) in [4.78, 5) is 26.0. The van der Waals surface area contributed by atoms with Crippen LogP contribution in [0.25, 0.3) is 0 Å². The normalized spacial score (nSPS) is 19.3. The van der Waals surface area contributed by atoms with E-state index in [0.717, 1.165) is 4.90 Å². The number of carbonyl (C=O) groups is 2. The molecule has 106 valence electrons. The summed E-state index contributed by atoms with van der Waals surface area (Å²) >= 11 is 0. The van der Waals surface area contributed by atoms with Gasteiger partial charge in [-0.05, 0) is 26.0 Å². The molecule has 1 aromatic rings. The van der Waals surface area contributed by atoms with E-state index < -0.39 is 18.2 Å². The molecule has 6 nitrogen and oxygen atoms in total. The minimum absolute atomic E-state index is 0.212. The molecule has 1 aliphatic rings. The van der Waals surface area contributed by atoms with Gasteiger partial charge in [-0.15, -0.1) is 0 Å². The van der Waals surface area contributed by atoms with Crippen molar-refractivity contribution in [2.45, 2.75) is 26.1 Å². The number of aliphatic hydroxyl groups is 1. The molecule has 2 N–H and O–H groups in total. The van der Waals surface area contributed by atoms with E-state index in [4.69, 9.17) is 5.11 Å². The van der Waals surface area contributed by atoms with Gasteiger partial charge in [0.15, 0.2) is 6.23 Å². The van der Waals surface area contributed by atoms with Crippen LogP contribution in [0.1, 0.15) is 13.8 Å². The fourth-order valence-electron chi connectivity index (χ4n) is 2.02. The second kappa shape index (κ2) is 5.34. The van der Waals surface area contributed by atoms with Gasteiger partial charge >= 0.3 is 12.0 Å². The number of carbonyl (C=O) groups excluding carboxylic acids is 1. The van der Waals surface area contributed by atoms with Gasteiger partial charge in [0.1, 0.15) is 5.57 Å². The van der Waals surface area contributed by atoms with Gasteiger partial charge in [-0.3, -0.25) is 9.80 Å². The number of rotatable bonds is 3. The highest BCUT2D eigenvalue weighted by Gasteiger charge is 2.38. The minimum Gasteiger partial charge on any atom is -0.478 e. The summed E-state index contributed by atoms with van der Waals surface area (Å²) in [5, 5.41) is 19.3. The molecule has 0 saturated carbocycles. The average Bonchev–Trinajstić information content (AvgIpc) is 2.39. The van der Waals surface area contributed by atoms with Crippen LogP contribution in [0, 0.1) is 0 Å². The van der Waals surface area contributed by atoms with Gasteiger partial charge in [-0.1, -0.05) is 18.2 Å². The number of amides is 2. The van der Waals surface area contributed by atoms with E-state index in [1.54, 1.807) is 44.2 Å². The largest absolute Gasteiger partial charge is 0.478 e. The quantitative estimate of drug-likeness (QED) is 0.879. The number of hydrogen-bond donors (Lipinski definition) is 2. The molecule has 0 radical (unpaired) electrons. The number of aliphatic carboxylic acids is 1. The molecule has 1 aliphatic heterocycles. The second-order valence-corrected chi connectivity index (χ2v) is 4.75. The molecule has 0 saturated heterocycles. The lowest BCUT2D eigenvalue weighted by Crippen LogP contribution is -2.54. The number of carboxylic acid groups (broad SMARTS) is 1. The molecule has 2 amide bonds. The van der Waals surface area contributed by atoms with Crippen molar-refractivity contribution in [3.05, 3.63) is 42.1 Å². The molecule has 0 aromatic heterocycles. The van der Waals surface area contributed by atoms with Crippen molar-refractivity contribution in [1.82, 2.24) is 4.90 Å². The Kier molecular flexibility index (Phi) is 3.76. The van der Waals surface area contributed by atoms with Crippen LogP contribution in [0.2, 0.25) is 0 Å². The maximum absolute atomic E-state index is 12.4. The van der Waals surface area contributed by atoms with Crippen LogP contribution >= 0.6 is 0 Å². The van der Waals surface area contributed by atoms with Crippen molar-refractivity contribution < 1.29 is 19.8 Å². The van der Waals surface area contributed by atoms with E-state index in [1.165, 1.54) is 11.1 Å². The Morgan fingerprint density at radius 3 is 2.35 bits per heavy atom. The third-order valence-corrected chi connectivity index (χ3v) is 3.07. The van der Waals surface area contributed by atoms with Crippen molar-refractivity contribution in [2.24, 2.45) is 0 Å². The van der Waals surface area contributed by atoms with Crippen LogP contribution in [0.3, 0.4) is 0 Å². The summed E-state index contributed by atoms with van der Waals surface area (Å²) in [5.41, 5.74) is 0.213. The summed E-state index contributed by atoms with van der Waals surface area (Å²) in [7, 11) is 0. The molecule has 6 heteroatoms. The van der Waals surface area contributed by atoms with E-state index in [-0.39, 0.29) is 11.6 Å². The Labute approximate surface area is 116 Å². The van der Waals surface area contributed by atoms with E-state index in [9.17, 15) is 14.7 Å². The number of para-hydroxylation sites is 1. The number of carboxylic acids is 1. The summed E-state index contributed by atoms with van der Waals surface area (Å²) in [5.74, 6) is -1.25. The zero-order chi connectivity index (χ0) is 14.9. The number of nitrogens with zero attached hydrogens (tertiary/aromatic N) is 2. The van der Waals surface area contributed by atoms with Gasteiger partial charge in [0.2, 0.25) is 0 Å². The number of benzene rings is 1. The van der Waals surface area contributed by atoms with Gasteiger partial charge in [0.05, 0.1) is 0 Å².